The highest BCUT2D eigenvalue weighted by Gasteiger charge is 2.58. The van der Waals surface area contributed by atoms with Crippen LogP contribution in [0, 0.1) is 17.8 Å². The number of aromatic hydroxyl groups is 1. The van der Waals surface area contributed by atoms with E-state index >= 15 is 0 Å². The van der Waals surface area contributed by atoms with Gasteiger partial charge in [0.2, 0.25) is 11.8 Å². The summed E-state index contributed by atoms with van der Waals surface area (Å²) in [6, 6.07) is 14.6. The Bertz CT molecular complexity index is 1450. The van der Waals surface area contributed by atoms with E-state index in [4.69, 9.17) is 21.0 Å². The maximum Gasteiger partial charge on any atom is 0.455 e. The van der Waals surface area contributed by atoms with Crippen molar-refractivity contribution >= 4 is 36.6 Å². The molecule has 4 aliphatic rings. The summed E-state index contributed by atoms with van der Waals surface area (Å²) in [5, 5.41) is 21.3. The van der Waals surface area contributed by atoms with Crippen molar-refractivity contribution in [2.75, 3.05) is 6.61 Å². The molecule has 7 nitrogen and oxygen atoms in total. The van der Waals surface area contributed by atoms with Crippen LogP contribution in [0.2, 0.25) is 11.3 Å². The number of para-hydroxylation sites is 1. The maximum absolute atomic E-state index is 14.1. The number of fused-ring (bicyclic) bond motifs is 3. The Balaban J connectivity index is 1.31. The van der Waals surface area contributed by atoms with Gasteiger partial charge < -0.3 is 19.5 Å². The van der Waals surface area contributed by atoms with Crippen LogP contribution in [0.15, 0.2) is 65.3 Å². The van der Waals surface area contributed by atoms with Gasteiger partial charge in [-0.1, -0.05) is 74.1 Å². The average Bonchev–Trinajstić information content (AvgIpc) is 3.29. The molecule has 3 fully saturated rings. The molecule has 2 aromatic rings. The van der Waals surface area contributed by atoms with Crippen molar-refractivity contribution in [3.8, 4) is 11.5 Å². The Morgan fingerprint density at radius 2 is 1.84 bits per heavy atom. The molecule has 0 spiro atoms. The van der Waals surface area contributed by atoms with Gasteiger partial charge in [-0.3, -0.25) is 14.5 Å². The molecule has 1 saturated carbocycles. The molecule has 6 rings (SSSR count). The van der Waals surface area contributed by atoms with Crippen molar-refractivity contribution in [3.05, 3.63) is 75.8 Å². The largest absolute Gasteiger partial charge is 0.508 e. The lowest BCUT2D eigenvalue weighted by atomic mass is 9.58. The van der Waals surface area contributed by atoms with Crippen LogP contribution in [-0.4, -0.2) is 52.7 Å². The summed E-state index contributed by atoms with van der Waals surface area (Å²) in [4.78, 5) is 29.6. The molecule has 238 valence electrons. The molecule has 0 unspecified atom stereocenters. The summed E-state index contributed by atoms with van der Waals surface area (Å²) in [6.45, 7) is 2.44. The minimum Gasteiger partial charge on any atom is -0.508 e. The van der Waals surface area contributed by atoms with E-state index in [-0.39, 0.29) is 29.5 Å². The third kappa shape index (κ3) is 6.89. The number of carbonyl (C=O) groups is 2. The van der Waals surface area contributed by atoms with Crippen LogP contribution in [0.1, 0.15) is 76.7 Å². The van der Waals surface area contributed by atoms with Crippen LogP contribution in [0.25, 0.3) is 6.08 Å². The normalized spacial score (nSPS) is 25.9. The number of nitrogens with zero attached hydrogens (tertiary/aromatic N) is 1. The summed E-state index contributed by atoms with van der Waals surface area (Å²) in [5.41, 5.74) is 4.08. The number of rotatable bonds is 10. The quantitative estimate of drug-likeness (QED) is 0.163. The van der Waals surface area contributed by atoms with Gasteiger partial charge in [-0.25, -0.2) is 0 Å². The Hall–Kier alpha value is -3.07. The lowest BCUT2D eigenvalue weighted by Crippen LogP contribution is -2.47. The predicted octanol–water partition coefficient (Wildman–Crippen LogP) is 7.22. The lowest BCUT2D eigenvalue weighted by molar-refractivity contribution is -0.143. The minimum atomic E-state index is -1.02. The number of hydrogen-bond donors (Lipinski definition) is 2. The Morgan fingerprint density at radius 1 is 1.07 bits per heavy atom. The Morgan fingerprint density at radius 3 is 2.58 bits per heavy atom. The molecule has 2 amide bonds. The fourth-order valence-electron chi connectivity index (χ4n) is 8.07. The Labute approximate surface area is 271 Å². The first kappa shape index (κ1) is 31.9. The highest BCUT2D eigenvalue weighted by atomic mass is 35.5. The molecular formula is C36H43BClNO6. The molecule has 0 radical (unpaired) electrons. The van der Waals surface area contributed by atoms with Crippen molar-refractivity contribution in [1.82, 2.24) is 4.90 Å². The van der Waals surface area contributed by atoms with E-state index in [9.17, 15) is 19.7 Å². The standard InChI is InChI=1S/C36H43BClNO6/c1-2-9-23(18-24-15-16-27(40)20-31(24)38)14-17-32-33-25(22-44-28-12-7-4-8-13-28)19-29-34(30(33)21-37(43)45-32)36(42)39(35(29)41)26-10-5-3-6-11-26/h4,7-8,12-13,15-16,18,20,26,29-30,32,34,40,43H,2-3,5-6,9-11,14,17,19,21-22H2,1H3/b23-18+/t29-,30+,32-,34-/m1/s1. The molecule has 2 heterocycles. The fourth-order valence-corrected chi connectivity index (χ4v) is 8.30. The fraction of sp³-hybridized carbons (Fsp3) is 0.500. The van der Waals surface area contributed by atoms with E-state index < -0.39 is 25.1 Å². The number of phenols is 1. The van der Waals surface area contributed by atoms with Gasteiger partial charge in [-0.2, -0.15) is 0 Å². The first-order chi connectivity index (χ1) is 21.8. The molecule has 2 aliphatic carbocycles. The first-order valence-corrected chi connectivity index (χ1v) is 17.0. The van der Waals surface area contributed by atoms with Gasteiger partial charge in [0.1, 0.15) is 18.1 Å². The first-order valence-electron chi connectivity index (χ1n) is 16.6. The number of hydrogen-bond acceptors (Lipinski definition) is 6. The van der Waals surface area contributed by atoms with Crippen LogP contribution in [0.5, 0.6) is 11.5 Å². The van der Waals surface area contributed by atoms with E-state index in [0.717, 1.165) is 67.4 Å². The summed E-state index contributed by atoms with van der Waals surface area (Å²) in [5.74, 6) is -0.428. The molecule has 2 aromatic carbocycles. The number of amides is 2. The van der Waals surface area contributed by atoms with E-state index in [1.165, 1.54) is 5.57 Å². The lowest BCUT2D eigenvalue weighted by Gasteiger charge is -2.43. The zero-order valence-corrected chi connectivity index (χ0v) is 26.8. The Kier molecular flexibility index (Phi) is 10.0. The van der Waals surface area contributed by atoms with Crippen LogP contribution >= 0.6 is 11.6 Å². The second-order valence-electron chi connectivity index (χ2n) is 13.1. The van der Waals surface area contributed by atoms with Crippen molar-refractivity contribution in [3.63, 3.8) is 0 Å². The van der Waals surface area contributed by atoms with Gasteiger partial charge in [-0.15, -0.1) is 0 Å². The molecule has 2 aliphatic heterocycles. The zero-order chi connectivity index (χ0) is 31.5. The number of likely N-dealkylation sites (tertiary alicyclic amines) is 1. The summed E-state index contributed by atoms with van der Waals surface area (Å²) in [7, 11) is -1.02. The zero-order valence-electron chi connectivity index (χ0n) is 26.0. The summed E-state index contributed by atoms with van der Waals surface area (Å²) in [6.07, 6.45) is 10.5. The summed E-state index contributed by atoms with van der Waals surface area (Å²) < 4.78 is 12.5. The van der Waals surface area contributed by atoms with Crippen LogP contribution in [-0.2, 0) is 14.2 Å². The average molecular weight is 632 g/mol. The third-order valence-electron chi connectivity index (χ3n) is 10.1. The van der Waals surface area contributed by atoms with Gasteiger partial charge in [-0.05, 0) is 97.8 Å². The molecule has 45 heavy (non-hydrogen) atoms. The number of benzene rings is 2. The van der Waals surface area contributed by atoms with Gasteiger partial charge in [0.15, 0.2) is 0 Å². The number of halogens is 1. The molecule has 9 heteroatoms. The highest BCUT2D eigenvalue weighted by Crippen LogP contribution is 2.51. The SMILES string of the molecule is CCC/C(=C\c1ccc(O)cc1Cl)CC[C@H]1OB(O)C[C@H]2C1=C(COc1ccccc1)C[C@H]1C(=O)N(C3CCCCC3)C(=O)[C@H]12. The van der Waals surface area contributed by atoms with E-state index in [1.54, 1.807) is 17.0 Å². The van der Waals surface area contributed by atoms with Crippen LogP contribution in [0.3, 0.4) is 0 Å². The number of imide groups is 1. The summed E-state index contributed by atoms with van der Waals surface area (Å²) >= 11 is 6.44. The number of carbonyl (C=O) groups excluding carboxylic acids is 2. The van der Waals surface area contributed by atoms with Gasteiger partial charge in [0.05, 0.1) is 23.0 Å². The maximum atomic E-state index is 14.1. The van der Waals surface area contributed by atoms with E-state index in [0.29, 0.717) is 37.2 Å². The molecular weight excluding hydrogens is 589 g/mol. The van der Waals surface area contributed by atoms with Crippen molar-refractivity contribution < 1.29 is 29.1 Å². The van der Waals surface area contributed by atoms with Crippen LogP contribution in [0.4, 0.5) is 0 Å². The minimum absolute atomic E-state index is 0.0224. The molecule has 2 saturated heterocycles. The van der Waals surface area contributed by atoms with E-state index in [1.807, 2.05) is 36.4 Å². The second kappa shape index (κ2) is 14.1. The van der Waals surface area contributed by atoms with Gasteiger partial charge in [0, 0.05) is 6.04 Å². The number of allylic oxidation sites excluding steroid dienone is 1. The van der Waals surface area contributed by atoms with Gasteiger partial charge in [0.25, 0.3) is 0 Å². The molecule has 4 atom stereocenters. The monoisotopic (exact) mass is 631 g/mol. The van der Waals surface area contributed by atoms with Crippen molar-refractivity contribution in [2.24, 2.45) is 17.8 Å². The molecule has 2 N–H and O–H groups in total. The molecule has 0 bridgehead atoms. The van der Waals surface area contributed by atoms with Crippen molar-refractivity contribution in [2.45, 2.75) is 89.6 Å². The van der Waals surface area contributed by atoms with Crippen LogP contribution < -0.4 is 4.74 Å². The second-order valence-corrected chi connectivity index (χ2v) is 13.5. The highest BCUT2D eigenvalue weighted by molar-refractivity contribution is 6.43. The molecule has 0 aromatic heterocycles. The predicted molar refractivity (Wildman–Crippen MR) is 176 cm³/mol. The number of ether oxygens (including phenoxy) is 1. The van der Waals surface area contributed by atoms with Gasteiger partial charge >= 0.3 is 7.12 Å². The number of phenolic OH excluding ortho intramolecular Hbond substituents is 1. The van der Waals surface area contributed by atoms with E-state index in [2.05, 4.69) is 13.0 Å². The topological polar surface area (TPSA) is 96.3 Å². The smallest absolute Gasteiger partial charge is 0.455 e. The third-order valence-corrected chi connectivity index (χ3v) is 10.4. The van der Waals surface area contributed by atoms with Crippen molar-refractivity contribution in [1.29, 1.82) is 0 Å².